The van der Waals surface area contributed by atoms with Crippen LogP contribution in [-0.2, 0) is 0 Å². The van der Waals surface area contributed by atoms with Crippen LogP contribution in [-0.4, -0.2) is 10.7 Å². The van der Waals surface area contributed by atoms with Crippen molar-refractivity contribution in [2.45, 2.75) is 43.9 Å². The molecule has 1 nitrogen and oxygen atoms in total. The molecule has 0 saturated heterocycles. The first-order valence-corrected chi connectivity index (χ1v) is 6.31. The summed E-state index contributed by atoms with van der Waals surface area (Å²) in [5.74, 6) is 0.118. The second-order valence-electron chi connectivity index (χ2n) is 4.67. The van der Waals surface area contributed by atoms with E-state index in [0.717, 1.165) is 36.8 Å². The molecule has 0 heterocycles. The summed E-state index contributed by atoms with van der Waals surface area (Å²) < 4.78 is 0. The molecule has 0 bridgehead atoms. The van der Waals surface area contributed by atoms with Crippen LogP contribution in [0, 0.1) is 6.92 Å². The molecule has 0 atom stereocenters. The molecule has 1 aromatic carbocycles. The first-order chi connectivity index (χ1) is 7.63. The molecule has 0 spiro atoms. The number of alkyl halides is 1. The van der Waals surface area contributed by atoms with Crippen LogP contribution in [0.2, 0.25) is 0 Å². The summed E-state index contributed by atoms with van der Waals surface area (Å²) >= 11 is 6.48. The van der Waals surface area contributed by atoms with Gasteiger partial charge in [-0.05, 0) is 25.3 Å². The Morgan fingerprint density at radius 2 is 1.81 bits per heavy atom. The van der Waals surface area contributed by atoms with E-state index in [1.807, 2.05) is 31.2 Å². The standard InChI is InChI=1S/C14H17ClO/c1-11-7-3-4-8-12(11)13(16)14(15)9-5-2-6-10-14/h3-4,7-8H,2,5-6,9-10H2,1H3. The summed E-state index contributed by atoms with van der Waals surface area (Å²) in [5.41, 5.74) is 1.82. The molecule has 1 aliphatic carbocycles. The van der Waals surface area contributed by atoms with Crippen molar-refractivity contribution in [1.29, 1.82) is 0 Å². The van der Waals surface area contributed by atoms with Gasteiger partial charge >= 0.3 is 0 Å². The predicted molar refractivity (Wildman–Crippen MR) is 67.2 cm³/mol. The fraction of sp³-hybridized carbons (Fsp3) is 0.500. The van der Waals surface area contributed by atoms with E-state index in [1.54, 1.807) is 0 Å². The number of Topliss-reactive ketones (excluding diaryl/α,β-unsaturated/α-hetero) is 1. The van der Waals surface area contributed by atoms with Gasteiger partial charge in [0.2, 0.25) is 0 Å². The number of carbonyl (C=O) groups excluding carboxylic acids is 1. The van der Waals surface area contributed by atoms with E-state index in [-0.39, 0.29) is 5.78 Å². The van der Waals surface area contributed by atoms with E-state index in [2.05, 4.69) is 0 Å². The Morgan fingerprint density at radius 3 is 2.44 bits per heavy atom. The average molecular weight is 237 g/mol. The van der Waals surface area contributed by atoms with Gasteiger partial charge < -0.3 is 0 Å². The fourth-order valence-electron chi connectivity index (χ4n) is 2.41. The predicted octanol–water partition coefficient (Wildman–Crippen LogP) is 4.12. The third kappa shape index (κ3) is 2.15. The summed E-state index contributed by atoms with van der Waals surface area (Å²) in [5, 5.41) is 0. The zero-order chi connectivity index (χ0) is 11.6. The van der Waals surface area contributed by atoms with Crippen LogP contribution < -0.4 is 0 Å². The van der Waals surface area contributed by atoms with Crippen LogP contribution in [0.15, 0.2) is 24.3 Å². The second-order valence-corrected chi connectivity index (χ2v) is 5.39. The summed E-state index contributed by atoms with van der Waals surface area (Å²) in [6, 6.07) is 7.71. The molecule has 0 N–H and O–H groups in total. The lowest BCUT2D eigenvalue weighted by atomic mass is 9.82. The zero-order valence-corrected chi connectivity index (χ0v) is 10.4. The molecular formula is C14H17ClO. The van der Waals surface area contributed by atoms with Crippen LogP contribution in [0.4, 0.5) is 0 Å². The van der Waals surface area contributed by atoms with E-state index in [4.69, 9.17) is 11.6 Å². The van der Waals surface area contributed by atoms with Crippen LogP contribution in [0.3, 0.4) is 0 Å². The Kier molecular flexibility index (Phi) is 3.34. The molecule has 1 aromatic rings. The maximum atomic E-state index is 12.4. The van der Waals surface area contributed by atoms with Gasteiger partial charge in [0, 0.05) is 5.56 Å². The molecule has 2 heteroatoms. The third-order valence-corrected chi connectivity index (χ3v) is 3.99. The monoisotopic (exact) mass is 236 g/mol. The first-order valence-electron chi connectivity index (χ1n) is 5.93. The molecule has 16 heavy (non-hydrogen) atoms. The first kappa shape index (κ1) is 11.7. The number of hydrogen-bond acceptors (Lipinski definition) is 1. The number of hydrogen-bond donors (Lipinski definition) is 0. The summed E-state index contributed by atoms with van der Waals surface area (Å²) in [6.07, 6.45) is 4.99. The molecule has 1 saturated carbocycles. The van der Waals surface area contributed by atoms with Crippen molar-refractivity contribution in [2.75, 3.05) is 0 Å². The van der Waals surface area contributed by atoms with Crippen LogP contribution >= 0.6 is 11.6 Å². The van der Waals surface area contributed by atoms with Crippen molar-refractivity contribution >= 4 is 17.4 Å². The average Bonchev–Trinajstić information content (AvgIpc) is 2.30. The number of aryl methyl sites for hydroxylation is 1. The maximum Gasteiger partial charge on any atom is 0.183 e. The second kappa shape index (κ2) is 4.58. The molecule has 0 unspecified atom stereocenters. The third-order valence-electron chi connectivity index (χ3n) is 3.44. The van der Waals surface area contributed by atoms with Crippen molar-refractivity contribution in [3.05, 3.63) is 35.4 Å². The molecule has 2 rings (SSSR count). The summed E-state index contributed by atoms with van der Waals surface area (Å²) in [4.78, 5) is 11.8. The minimum atomic E-state index is -0.635. The van der Waals surface area contributed by atoms with Gasteiger partial charge in [-0.1, -0.05) is 43.5 Å². The highest BCUT2D eigenvalue weighted by atomic mass is 35.5. The molecule has 0 aromatic heterocycles. The van der Waals surface area contributed by atoms with Crippen molar-refractivity contribution in [3.8, 4) is 0 Å². The van der Waals surface area contributed by atoms with Gasteiger partial charge in [0.15, 0.2) is 5.78 Å². The number of ketones is 1. The molecule has 1 aliphatic rings. The van der Waals surface area contributed by atoms with Gasteiger partial charge in [-0.15, -0.1) is 11.6 Å². The molecular weight excluding hydrogens is 220 g/mol. The van der Waals surface area contributed by atoms with Crippen molar-refractivity contribution in [3.63, 3.8) is 0 Å². The zero-order valence-electron chi connectivity index (χ0n) is 9.63. The topological polar surface area (TPSA) is 17.1 Å². The largest absolute Gasteiger partial charge is 0.292 e. The lowest BCUT2D eigenvalue weighted by Gasteiger charge is -2.30. The Hall–Kier alpha value is -0.820. The van der Waals surface area contributed by atoms with E-state index in [9.17, 15) is 4.79 Å². The lowest BCUT2D eigenvalue weighted by molar-refractivity contribution is 0.0912. The number of halogens is 1. The fourth-order valence-corrected chi connectivity index (χ4v) is 2.78. The highest BCUT2D eigenvalue weighted by molar-refractivity contribution is 6.38. The van der Waals surface area contributed by atoms with Crippen molar-refractivity contribution in [1.82, 2.24) is 0 Å². The molecule has 0 radical (unpaired) electrons. The van der Waals surface area contributed by atoms with Gasteiger partial charge in [0.05, 0.1) is 0 Å². The van der Waals surface area contributed by atoms with E-state index in [1.165, 1.54) is 6.42 Å². The number of benzene rings is 1. The lowest BCUT2D eigenvalue weighted by Crippen LogP contribution is -2.35. The van der Waals surface area contributed by atoms with Gasteiger partial charge in [0.25, 0.3) is 0 Å². The van der Waals surface area contributed by atoms with Gasteiger partial charge in [-0.25, -0.2) is 0 Å². The molecule has 0 amide bonds. The van der Waals surface area contributed by atoms with Crippen molar-refractivity contribution in [2.24, 2.45) is 0 Å². The highest BCUT2D eigenvalue weighted by Crippen LogP contribution is 2.37. The van der Waals surface area contributed by atoms with E-state index < -0.39 is 4.87 Å². The maximum absolute atomic E-state index is 12.4. The van der Waals surface area contributed by atoms with Gasteiger partial charge in [-0.3, -0.25) is 4.79 Å². The normalized spacial score (nSPS) is 19.4. The molecule has 1 fully saturated rings. The number of rotatable bonds is 2. The summed E-state index contributed by atoms with van der Waals surface area (Å²) in [7, 11) is 0. The van der Waals surface area contributed by atoms with Crippen LogP contribution in [0.25, 0.3) is 0 Å². The quantitative estimate of drug-likeness (QED) is 0.558. The number of carbonyl (C=O) groups is 1. The van der Waals surface area contributed by atoms with Crippen molar-refractivity contribution < 1.29 is 4.79 Å². The minimum Gasteiger partial charge on any atom is -0.292 e. The Labute approximate surface area is 102 Å². The summed E-state index contributed by atoms with van der Waals surface area (Å²) in [6.45, 7) is 1.97. The molecule has 0 aliphatic heterocycles. The minimum absolute atomic E-state index is 0.118. The van der Waals surface area contributed by atoms with Crippen LogP contribution in [0.5, 0.6) is 0 Å². The Morgan fingerprint density at radius 1 is 1.19 bits per heavy atom. The molecule has 86 valence electrons. The Balaban J connectivity index is 2.28. The van der Waals surface area contributed by atoms with Gasteiger partial charge in [0.1, 0.15) is 4.87 Å². The van der Waals surface area contributed by atoms with Crippen LogP contribution in [0.1, 0.15) is 48.0 Å². The van der Waals surface area contributed by atoms with E-state index >= 15 is 0 Å². The van der Waals surface area contributed by atoms with E-state index in [0.29, 0.717) is 0 Å². The smallest absolute Gasteiger partial charge is 0.183 e. The highest BCUT2D eigenvalue weighted by Gasteiger charge is 2.38. The SMILES string of the molecule is Cc1ccccc1C(=O)C1(Cl)CCCCC1. The van der Waals surface area contributed by atoms with Gasteiger partial charge in [-0.2, -0.15) is 0 Å². The Bertz CT molecular complexity index is 391.